The Bertz CT molecular complexity index is 541. The van der Waals surface area contributed by atoms with Crippen molar-refractivity contribution in [2.24, 2.45) is 5.92 Å². The Balaban J connectivity index is 2.00. The van der Waals surface area contributed by atoms with Crippen molar-refractivity contribution in [3.63, 3.8) is 0 Å². The highest BCUT2D eigenvalue weighted by Crippen LogP contribution is 2.34. The van der Waals surface area contributed by atoms with Gasteiger partial charge in [0.15, 0.2) is 10.8 Å². The summed E-state index contributed by atoms with van der Waals surface area (Å²) < 4.78 is 2.00. The van der Waals surface area contributed by atoms with Crippen LogP contribution in [0.5, 0.6) is 0 Å². The zero-order valence-electron chi connectivity index (χ0n) is 10.8. The van der Waals surface area contributed by atoms with Gasteiger partial charge in [0.25, 0.3) is 0 Å². The standard InChI is InChI=1S/C13H19N3OS/c1-9(2)16(7-10-3-4-10)12-11(8-17)15-5-6-18-13(15)14-12/h5-6,9-10,17H,3-4,7-8H2,1-2H3. The minimum Gasteiger partial charge on any atom is -0.390 e. The van der Waals surface area contributed by atoms with E-state index in [9.17, 15) is 5.11 Å². The Morgan fingerprint density at radius 2 is 2.33 bits per heavy atom. The van der Waals surface area contributed by atoms with Crippen LogP contribution in [0.3, 0.4) is 0 Å². The molecule has 1 saturated carbocycles. The number of nitrogens with zero attached hydrogens (tertiary/aromatic N) is 3. The third-order valence-electron chi connectivity index (χ3n) is 3.54. The Hall–Kier alpha value is -1.07. The van der Waals surface area contributed by atoms with Gasteiger partial charge < -0.3 is 10.0 Å². The zero-order chi connectivity index (χ0) is 12.7. The summed E-state index contributed by atoms with van der Waals surface area (Å²) in [7, 11) is 0. The number of rotatable bonds is 5. The Morgan fingerprint density at radius 1 is 1.56 bits per heavy atom. The highest BCUT2D eigenvalue weighted by molar-refractivity contribution is 7.15. The monoisotopic (exact) mass is 265 g/mol. The normalized spacial score (nSPS) is 15.8. The van der Waals surface area contributed by atoms with Crippen LogP contribution in [0.15, 0.2) is 11.6 Å². The number of aliphatic hydroxyl groups is 1. The van der Waals surface area contributed by atoms with Crippen LogP contribution in [-0.4, -0.2) is 27.1 Å². The highest BCUT2D eigenvalue weighted by Gasteiger charge is 2.28. The van der Waals surface area contributed by atoms with Crippen molar-refractivity contribution in [2.75, 3.05) is 11.4 Å². The van der Waals surface area contributed by atoms with Crippen LogP contribution in [0.4, 0.5) is 5.82 Å². The molecule has 98 valence electrons. The van der Waals surface area contributed by atoms with E-state index in [1.54, 1.807) is 11.3 Å². The fourth-order valence-electron chi connectivity index (χ4n) is 2.32. The molecule has 0 radical (unpaired) electrons. The SMILES string of the molecule is CC(C)N(CC1CC1)c1nc2sccn2c1CO. The molecule has 3 rings (SSSR count). The molecule has 1 aliphatic carbocycles. The lowest BCUT2D eigenvalue weighted by molar-refractivity contribution is 0.276. The van der Waals surface area contributed by atoms with Crippen LogP contribution in [0.25, 0.3) is 4.96 Å². The van der Waals surface area contributed by atoms with Gasteiger partial charge in [0.05, 0.1) is 12.3 Å². The smallest absolute Gasteiger partial charge is 0.195 e. The lowest BCUT2D eigenvalue weighted by Gasteiger charge is -2.27. The first-order chi connectivity index (χ1) is 8.70. The number of imidazole rings is 1. The second-order valence-electron chi connectivity index (χ2n) is 5.29. The van der Waals surface area contributed by atoms with Gasteiger partial charge in [0.1, 0.15) is 0 Å². The predicted molar refractivity (Wildman–Crippen MR) is 74.2 cm³/mol. The van der Waals surface area contributed by atoms with E-state index in [0.717, 1.165) is 28.9 Å². The maximum atomic E-state index is 9.62. The number of hydrogen-bond acceptors (Lipinski definition) is 4. The van der Waals surface area contributed by atoms with Crippen molar-refractivity contribution >= 4 is 22.1 Å². The molecule has 2 heterocycles. The summed E-state index contributed by atoms with van der Waals surface area (Å²) in [6.45, 7) is 5.49. The summed E-state index contributed by atoms with van der Waals surface area (Å²) in [6, 6.07) is 0.417. The molecule has 0 amide bonds. The van der Waals surface area contributed by atoms with Crippen molar-refractivity contribution in [3.05, 3.63) is 17.3 Å². The molecule has 5 heteroatoms. The van der Waals surface area contributed by atoms with Crippen LogP contribution in [0.2, 0.25) is 0 Å². The number of fused-ring (bicyclic) bond motifs is 1. The second-order valence-corrected chi connectivity index (χ2v) is 6.16. The lowest BCUT2D eigenvalue weighted by atomic mass is 10.2. The van der Waals surface area contributed by atoms with Crippen LogP contribution >= 0.6 is 11.3 Å². The molecule has 1 N–H and O–H groups in total. The predicted octanol–water partition coefficient (Wildman–Crippen LogP) is 2.51. The Morgan fingerprint density at radius 3 is 2.94 bits per heavy atom. The minimum atomic E-state index is 0.0428. The van der Waals surface area contributed by atoms with Crippen LogP contribution in [0, 0.1) is 5.92 Å². The first-order valence-corrected chi connectivity index (χ1v) is 7.40. The molecule has 0 bridgehead atoms. The maximum Gasteiger partial charge on any atom is 0.195 e. The van der Waals surface area contributed by atoms with E-state index in [-0.39, 0.29) is 6.61 Å². The number of aliphatic hydroxyl groups excluding tert-OH is 1. The number of thiazole rings is 1. The molecule has 2 aromatic heterocycles. The third kappa shape index (κ3) is 2.01. The second kappa shape index (κ2) is 4.55. The zero-order valence-corrected chi connectivity index (χ0v) is 11.7. The summed E-state index contributed by atoms with van der Waals surface area (Å²) in [5, 5.41) is 11.6. The largest absolute Gasteiger partial charge is 0.390 e. The van der Waals surface area contributed by atoms with E-state index in [1.807, 2.05) is 16.0 Å². The van der Waals surface area contributed by atoms with Gasteiger partial charge in [-0.25, -0.2) is 4.98 Å². The minimum absolute atomic E-state index is 0.0428. The van der Waals surface area contributed by atoms with E-state index in [2.05, 4.69) is 18.7 Å². The fraction of sp³-hybridized carbons (Fsp3) is 0.615. The topological polar surface area (TPSA) is 40.8 Å². The molecule has 18 heavy (non-hydrogen) atoms. The average molecular weight is 265 g/mol. The number of aromatic nitrogens is 2. The summed E-state index contributed by atoms with van der Waals surface area (Å²) in [6.07, 6.45) is 4.65. The van der Waals surface area contributed by atoms with Crippen molar-refractivity contribution in [1.82, 2.24) is 9.38 Å². The molecular formula is C13H19N3OS. The van der Waals surface area contributed by atoms with Crippen molar-refractivity contribution in [3.8, 4) is 0 Å². The van der Waals surface area contributed by atoms with Crippen molar-refractivity contribution < 1.29 is 5.11 Å². The molecule has 0 saturated heterocycles. The van der Waals surface area contributed by atoms with E-state index >= 15 is 0 Å². The molecule has 0 aromatic carbocycles. The average Bonchev–Trinajstić information content (AvgIpc) is 2.92. The lowest BCUT2D eigenvalue weighted by Crippen LogP contribution is -2.33. The molecule has 0 atom stereocenters. The molecular weight excluding hydrogens is 246 g/mol. The van der Waals surface area contributed by atoms with Gasteiger partial charge in [0.2, 0.25) is 0 Å². The summed E-state index contributed by atoms with van der Waals surface area (Å²) in [4.78, 5) is 8.00. The molecule has 0 unspecified atom stereocenters. The number of hydrogen-bond donors (Lipinski definition) is 1. The molecule has 1 fully saturated rings. The van der Waals surface area contributed by atoms with Gasteiger partial charge in [-0.15, -0.1) is 11.3 Å². The van der Waals surface area contributed by atoms with Gasteiger partial charge >= 0.3 is 0 Å². The maximum absolute atomic E-state index is 9.62. The van der Waals surface area contributed by atoms with Crippen LogP contribution in [0.1, 0.15) is 32.4 Å². The van der Waals surface area contributed by atoms with Gasteiger partial charge in [-0.3, -0.25) is 4.40 Å². The summed E-state index contributed by atoms with van der Waals surface area (Å²) >= 11 is 1.62. The van der Waals surface area contributed by atoms with Crippen LogP contribution in [-0.2, 0) is 6.61 Å². The molecule has 4 nitrogen and oxygen atoms in total. The molecule has 0 aliphatic heterocycles. The molecule has 1 aliphatic rings. The number of anilines is 1. The van der Waals surface area contributed by atoms with Crippen LogP contribution < -0.4 is 4.90 Å². The Labute approximate surface area is 111 Å². The van der Waals surface area contributed by atoms with E-state index in [1.165, 1.54) is 12.8 Å². The van der Waals surface area contributed by atoms with Gasteiger partial charge in [-0.2, -0.15) is 0 Å². The van der Waals surface area contributed by atoms with E-state index < -0.39 is 0 Å². The van der Waals surface area contributed by atoms with Gasteiger partial charge in [0, 0.05) is 24.2 Å². The fourth-order valence-corrected chi connectivity index (χ4v) is 3.05. The van der Waals surface area contributed by atoms with E-state index in [0.29, 0.717) is 6.04 Å². The first kappa shape index (κ1) is 12.0. The molecule has 0 spiro atoms. The summed E-state index contributed by atoms with van der Waals surface area (Å²) in [5.74, 6) is 1.78. The Kier molecular flexibility index (Phi) is 3.03. The van der Waals surface area contributed by atoms with Crippen molar-refractivity contribution in [2.45, 2.75) is 39.3 Å². The van der Waals surface area contributed by atoms with E-state index in [4.69, 9.17) is 4.98 Å². The highest BCUT2D eigenvalue weighted by atomic mass is 32.1. The summed E-state index contributed by atoms with van der Waals surface area (Å²) in [5.41, 5.74) is 0.917. The first-order valence-electron chi connectivity index (χ1n) is 6.52. The molecule has 2 aromatic rings. The quantitative estimate of drug-likeness (QED) is 0.903. The van der Waals surface area contributed by atoms with Gasteiger partial charge in [-0.05, 0) is 32.6 Å². The third-order valence-corrected chi connectivity index (χ3v) is 4.29. The van der Waals surface area contributed by atoms with Gasteiger partial charge in [-0.1, -0.05) is 0 Å². The van der Waals surface area contributed by atoms with Crippen molar-refractivity contribution in [1.29, 1.82) is 0 Å².